The van der Waals surface area contributed by atoms with Crippen molar-refractivity contribution < 1.29 is 0 Å². The molecule has 1 aliphatic heterocycles. The summed E-state index contributed by atoms with van der Waals surface area (Å²) in [7, 11) is 0. The Labute approximate surface area is 108 Å². The molecule has 0 spiro atoms. The van der Waals surface area contributed by atoms with Crippen LogP contribution >= 0.6 is 35.0 Å². The molecule has 1 N–H and O–H groups in total. The topological polar surface area (TPSA) is 28.7 Å². The molecule has 0 saturated carbocycles. The summed E-state index contributed by atoms with van der Waals surface area (Å²) in [6, 6.07) is 3.67. The van der Waals surface area contributed by atoms with Crippen molar-refractivity contribution in [3.8, 4) is 0 Å². The molecule has 2 nitrogen and oxygen atoms in total. The van der Waals surface area contributed by atoms with Gasteiger partial charge in [-0.1, -0.05) is 23.2 Å². The molecule has 16 heavy (non-hydrogen) atoms. The molecule has 3 rings (SSSR count). The van der Waals surface area contributed by atoms with Crippen LogP contribution in [0.5, 0.6) is 0 Å². The molecular formula is C11H10Cl2N2S. The fraction of sp³-hybridized carbons (Fsp3) is 0.364. The lowest BCUT2D eigenvalue weighted by Crippen LogP contribution is -1.98. The second-order valence-electron chi connectivity index (χ2n) is 3.97. The highest BCUT2D eigenvalue weighted by atomic mass is 35.5. The van der Waals surface area contributed by atoms with Gasteiger partial charge in [0.1, 0.15) is 5.82 Å². The highest BCUT2D eigenvalue weighted by Crippen LogP contribution is 2.33. The van der Waals surface area contributed by atoms with E-state index < -0.39 is 0 Å². The van der Waals surface area contributed by atoms with E-state index in [2.05, 4.69) is 9.97 Å². The molecule has 0 bridgehead atoms. The number of imidazole rings is 1. The van der Waals surface area contributed by atoms with Crippen molar-refractivity contribution in [3.63, 3.8) is 0 Å². The zero-order valence-corrected chi connectivity index (χ0v) is 10.8. The van der Waals surface area contributed by atoms with Crippen LogP contribution in [0, 0.1) is 0 Å². The number of H-pyrrole nitrogens is 1. The van der Waals surface area contributed by atoms with Crippen LogP contribution in [0.1, 0.15) is 18.2 Å². The van der Waals surface area contributed by atoms with Gasteiger partial charge in [0.15, 0.2) is 0 Å². The van der Waals surface area contributed by atoms with E-state index in [-0.39, 0.29) is 0 Å². The Balaban J connectivity index is 2.08. The Morgan fingerprint density at radius 1 is 1.31 bits per heavy atom. The maximum atomic E-state index is 5.97. The number of hydrogen-bond donors (Lipinski definition) is 1. The van der Waals surface area contributed by atoms with E-state index in [9.17, 15) is 0 Å². The van der Waals surface area contributed by atoms with Crippen molar-refractivity contribution in [2.45, 2.75) is 12.3 Å². The van der Waals surface area contributed by atoms with Gasteiger partial charge in [0, 0.05) is 11.7 Å². The lowest BCUT2D eigenvalue weighted by atomic mass is 10.1. The summed E-state index contributed by atoms with van der Waals surface area (Å²) in [6.07, 6.45) is 1.20. The first kappa shape index (κ1) is 10.8. The van der Waals surface area contributed by atoms with Crippen LogP contribution in [0.15, 0.2) is 12.1 Å². The first-order valence-corrected chi connectivity index (χ1v) is 7.07. The summed E-state index contributed by atoms with van der Waals surface area (Å²) in [4.78, 5) is 7.92. The summed E-state index contributed by atoms with van der Waals surface area (Å²) in [6.45, 7) is 0. The van der Waals surface area contributed by atoms with Crippen LogP contribution in [0.3, 0.4) is 0 Å². The number of benzene rings is 1. The van der Waals surface area contributed by atoms with Crippen LogP contribution in [0.2, 0.25) is 10.0 Å². The van der Waals surface area contributed by atoms with Crippen molar-refractivity contribution in [2.75, 3.05) is 11.5 Å². The number of nitrogens with one attached hydrogen (secondary N) is 1. The Hall–Kier alpha value is -0.380. The van der Waals surface area contributed by atoms with Crippen LogP contribution in [0.4, 0.5) is 0 Å². The molecule has 1 aromatic heterocycles. The first-order valence-electron chi connectivity index (χ1n) is 5.16. The highest BCUT2D eigenvalue weighted by molar-refractivity contribution is 7.99. The summed E-state index contributed by atoms with van der Waals surface area (Å²) in [5, 5.41) is 1.14. The van der Waals surface area contributed by atoms with Crippen molar-refractivity contribution in [2.24, 2.45) is 0 Å². The number of aromatic nitrogens is 2. The molecule has 1 unspecified atom stereocenters. The molecule has 84 valence electrons. The minimum atomic E-state index is 0.551. The third-order valence-corrected chi connectivity index (χ3v) is 4.74. The molecule has 1 aliphatic rings. The van der Waals surface area contributed by atoms with Gasteiger partial charge in [-0.25, -0.2) is 4.98 Å². The van der Waals surface area contributed by atoms with Gasteiger partial charge in [-0.3, -0.25) is 0 Å². The quantitative estimate of drug-likeness (QED) is 0.847. The number of aromatic amines is 1. The van der Waals surface area contributed by atoms with Crippen LogP contribution in [0.25, 0.3) is 11.0 Å². The summed E-state index contributed by atoms with van der Waals surface area (Å²) >= 11 is 13.9. The van der Waals surface area contributed by atoms with E-state index in [1.54, 1.807) is 0 Å². The van der Waals surface area contributed by atoms with Gasteiger partial charge in [-0.2, -0.15) is 11.8 Å². The highest BCUT2D eigenvalue weighted by Gasteiger charge is 2.20. The first-order chi connectivity index (χ1) is 7.74. The van der Waals surface area contributed by atoms with Gasteiger partial charge in [0.05, 0.1) is 21.1 Å². The molecular weight excluding hydrogens is 263 g/mol. The summed E-state index contributed by atoms with van der Waals surface area (Å²) in [5.41, 5.74) is 1.88. The van der Waals surface area contributed by atoms with Gasteiger partial charge in [-0.05, 0) is 24.3 Å². The lowest BCUT2D eigenvalue weighted by Gasteiger charge is -2.01. The molecule has 1 atom stereocenters. The minimum absolute atomic E-state index is 0.551. The Morgan fingerprint density at radius 3 is 2.88 bits per heavy atom. The zero-order chi connectivity index (χ0) is 11.1. The second-order valence-corrected chi connectivity index (χ2v) is 5.93. The molecule has 1 saturated heterocycles. The lowest BCUT2D eigenvalue weighted by molar-refractivity contribution is 0.733. The van der Waals surface area contributed by atoms with Crippen molar-refractivity contribution in [1.29, 1.82) is 0 Å². The average Bonchev–Trinajstić information content (AvgIpc) is 2.86. The largest absolute Gasteiger partial charge is 0.342 e. The molecule has 0 radical (unpaired) electrons. The van der Waals surface area contributed by atoms with E-state index in [0.717, 1.165) is 22.6 Å². The normalized spacial score (nSPS) is 20.8. The zero-order valence-electron chi connectivity index (χ0n) is 8.46. The summed E-state index contributed by atoms with van der Waals surface area (Å²) < 4.78 is 0. The Kier molecular flexibility index (Phi) is 2.78. The molecule has 0 amide bonds. The number of rotatable bonds is 1. The van der Waals surface area contributed by atoms with Gasteiger partial charge in [0.25, 0.3) is 0 Å². The maximum absolute atomic E-state index is 5.97. The van der Waals surface area contributed by atoms with Gasteiger partial charge in [-0.15, -0.1) is 0 Å². The van der Waals surface area contributed by atoms with Crippen LogP contribution in [-0.4, -0.2) is 21.5 Å². The second kappa shape index (κ2) is 4.13. The average molecular weight is 273 g/mol. The van der Waals surface area contributed by atoms with Gasteiger partial charge < -0.3 is 4.98 Å². The predicted octanol–water partition coefficient (Wildman–Crippen LogP) is 4.09. The van der Waals surface area contributed by atoms with Crippen molar-refractivity contribution in [3.05, 3.63) is 28.0 Å². The summed E-state index contributed by atoms with van der Waals surface area (Å²) in [5.74, 6) is 4.00. The number of halogens is 2. The number of thioether (sulfide) groups is 1. The Bertz CT molecular complexity index is 493. The Morgan fingerprint density at radius 2 is 2.12 bits per heavy atom. The number of nitrogens with zero attached hydrogens (tertiary/aromatic N) is 1. The third-order valence-electron chi connectivity index (χ3n) is 2.86. The monoisotopic (exact) mass is 272 g/mol. The standard InChI is InChI=1S/C11H10Cl2N2S/c12-7-3-9-10(4-8(7)13)15-11(14-9)6-1-2-16-5-6/h3-4,6H,1-2,5H2,(H,14,15). The molecule has 5 heteroatoms. The van der Waals surface area contributed by atoms with E-state index in [1.807, 2.05) is 23.9 Å². The fourth-order valence-electron chi connectivity index (χ4n) is 1.97. The number of hydrogen-bond acceptors (Lipinski definition) is 2. The minimum Gasteiger partial charge on any atom is -0.342 e. The number of fused-ring (bicyclic) bond motifs is 1. The van der Waals surface area contributed by atoms with E-state index in [0.29, 0.717) is 16.0 Å². The van der Waals surface area contributed by atoms with Crippen LogP contribution < -0.4 is 0 Å². The van der Waals surface area contributed by atoms with E-state index >= 15 is 0 Å². The molecule has 1 aromatic carbocycles. The van der Waals surface area contributed by atoms with E-state index in [4.69, 9.17) is 23.2 Å². The molecule has 1 fully saturated rings. The van der Waals surface area contributed by atoms with Gasteiger partial charge in [0.2, 0.25) is 0 Å². The third kappa shape index (κ3) is 1.81. The van der Waals surface area contributed by atoms with Crippen molar-refractivity contribution in [1.82, 2.24) is 9.97 Å². The van der Waals surface area contributed by atoms with Gasteiger partial charge >= 0.3 is 0 Å². The molecule has 0 aliphatic carbocycles. The molecule has 2 aromatic rings. The van der Waals surface area contributed by atoms with Crippen LogP contribution in [-0.2, 0) is 0 Å². The van der Waals surface area contributed by atoms with Crippen molar-refractivity contribution >= 4 is 46.0 Å². The fourth-order valence-corrected chi connectivity index (χ4v) is 3.52. The predicted molar refractivity (Wildman–Crippen MR) is 70.8 cm³/mol. The molecule has 2 heterocycles. The SMILES string of the molecule is Clc1cc2nc(C3CCSC3)[nH]c2cc1Cl. The van der Waals surface area contributed by atoms with E-state index in [1.165, 1.54) is 12.2 Å². The smallest absolute Gasteiger partial charge is 0.111 e. The maximum Gasteiger partial charge on any atom is 0.111 e.